The molecule has 0 spiro atoms. The first kappa shape index (κ1) is 20.5. The van der Waals surface area contributed by atoms with Crippen molar-refractivity contribution in [2.24, 2.45) is 0 Å². The zero-order valence-corrected chi connectivity index (χ0v) is 16.7. The fraction of sp³-hybridized carbons (Fsp3) is 0.455. The van der Waals surface area contributed by atoms with Crippen molar-refractivity contribution >= 4 is 0 Å². The lowest BCUT2D eigenvalue weighted by Crippen LogP contribution is -2.48. The van der Waals surface area contributed by atoms with E-state index in [0.29, 0.717) is 13.2 Å². The third-order valence-corrected chi connectivity index (χ3v) is 5.00. The van der Waals surface area contributed by atoms with Crippen molar-refractivity contribution in [3.8, 4) is 17.2 Å². The predicted molar refractivity (Wildman–Crippen MR) is 109 cm³/mol. The van der Waals surface area contributed by atoms with E-state index >= 15 is 0 Å². The third-order valence-electron chi connectivity index (χ3n) is 5.00. The third kappa shape index (κ3) is 5.86. The van der Waals surface area contributed by atoms with Gasteiger partial charge in [0.1, 0.15) is 30.0 Å². The van der Waals surface area contributed by atoms with Gasteiger partial charge in [0.2, 0.25) is 0 Å². The number of hydrogen-bond donors (Lipinski definition) is 1. The minimum atomic E-state index is -0.495. The van der Waals surface area contributed by atoms with Crippen LogP contribution in [0.4, 0.5) is 0 Å². The smallest absolute Gasteiger partial charge is 0.123 e. The summed E-state index contributed by atoms with van der Waals surface area (Å²) in [6.45, 7) is 5.52. The van der Waals surface area contributed by atoms with E-state index in [4.69, 9.17) is 14.2 Å². The number of rotatable bonds is 9. The SMILES string of the molecule is COc1ccc(OC)c(CN2CCN(C[C@@H](O)COc3ccccc3)CC2)c1. The van der Waals surface area contributed by atoms with E-state index in [1.165, 1.54) is 0 Å². The molecule has 2 aromatic carbocycles. The number of nitrogens with zero attached hydrogens (tertiary/aromatic N) is 2. The molecule has 0 radical (unpaired) electrons. The van der Waals surface area contributed by atoms with Crippen LogP contribution in [0.5, 0.6) is 17.2 Å². The number of para-hydroxylation sites is 1. The van der Waals surface area contributed by atoms with E-state index in [9.17, 15) is 5.11 Å². The summed E-state index contributed by atoms with van der Waals surface area (Å²) in [5, 5.41) is 10.3. The van der Waals surface area contributed by atoms with E-state index in [0.717, 1.165) is 55.5 Å². The summed E-state index contributed by atoms with van der Waals surface area (Å²) in [6.07, 6.45) is -0.495. The molecule has 0 aromatic heterocycles. The minimum Gasteiger partial charge on any atom is -0.497 e. The van der Waals surface area contributed by atoms with Gasteiger partial charge in [-0.2, -0.15) is 0 Å². The van der Waals surface area contributed by atoms with Gasteiger partial charge in [-0.3, -0.25) is 9.80 Å². The van der Waals surface area contributed by atoms with E-state index in [1.54, 1.807) is 14.2 Å². The highest BCUT2D eigenvalue weighted by Gasteiger charge is 2.20. The number of methoxy groups -OCH3 is 2. The maximum absolute atomic E-state index is 10.3. The molecule has 1 saturated heterocycles. The Hall–Kier alpha value is -2.28. The van der Waals surface area contributed by atoms with Gasteiger partial charge in [0.25, 0.3) is 0 Å². The topological polar surface area (TPSA) is 54.4 Å². The Labute approximate surface area is 167 Å². The van der Waals surface area contributed by atoms with Gasteiger partial charge >= 0.3 is 0 Å². The zero-order chi connectivity index (χ0) is 19.8. The largest absolute Gasteiger partial charge is 0.497 e. The molecule has 28 heavy (non-hydrogen) atoms. The minimum absolute atomic E-state index is 0.311. The highest BCUT2D eigenvalue weighted by molar-refractivity contribution is 5.40. The fourth-order valence-corrected chi connectivity index (χ4v) is 3.44. The Balaban J connectivity index is 1.43. The Morgan fingerprint density at radius 1 is 0.893 bits per heavy atom. The average molecular weight is 386 g/mol. The summed E-state index contributed by atoms with van der Waals surface area (Å²) in [6, 6.07) is 15.5. The molecule has 0 amide bonds. The van der Waals surface area contributed by atoms with Gasteiger partial charge in [-0.15, -0.1) is 0 Å². The van der Waals surface area contributed by atoms with E-state index in [1.807, 2.05) is 48.5 Å². The van der Waals surface area contributed by atoms with Gasteiger partial charge in [0.15, 0.2) is 0 Å². The molecule has 0 saturated carbocycles. The van der Waals surface area contributed by atoms with Gasteiger partial charge in [-0.1, -0.05) is 18.2 Å². The molecule has 1 aliphatic heterocycles. The molecule has 1 N–H and O–H groups in total. The van der Waals surface area contributed by atoms with Crippen LogP contribution < -0.4 is 14.2 Å². The molecule has 1 aliphatic rings. The van der Waals surface area contributed by atoms with Crippen molar-refractivity contribution in [2.45, 2.75) is 12.6 Å². The van der Waals surface area contributed by atoms with Crippen LogP contribution in [0.25, 0.3) is 0 Å². The molecule has 1 heterocycles. The lowest BCUT2D eigenvalue weighted by molar-refractivity contribution is 0.0445. The number of piperazine rings is 1. The molecule has 0 bridgehead atoms. The van der Waals surface area contributed by atoms with Crippen LogP contribution in [0.3, 0.4) is 0 Å². The first-order chi connectivity index (χ1) is 13.7. The highest BCUT2D eigenvalue weighted by atomic mass is 16.5. The average Bonchev–Trinajstić information content (AvgIpc) is 2.74. The van der Waals surface area contributed by atoms with Crippen LogP contribution in [0.2, 0.25) is 0 Å². The normalized spacial score (nSPS) is 16.5. The Bertz CT molecular complexity index is 718. The zero-order valence-electron chi connectivity index (χ0n) is 16.7. The second-order valence-electron chi connectivity index (χ2n) is 7.03. The quantitative estimate of drug-likeness (QED) is 0.714. The van der Waals surface area contributed by atoms with Crippen LogP contribution in [-0.2, 0) is 6.54 Å². The summed E-state index contributed by atoms with van der Waals surface area (Å²) in [5.74, 6) is 2.52. The fourth-order valence-electron chi connectivity index (χ4n) is 3.44. The maximum Gasteiger partial charge on any atom is 0.123 e. The number of ether oxygens (including phenoxy) is 3. The number of aliphatic hydroxyl groups is 1. The van der Waals surface area contributed by atoms with Crippen LogP contribution in [0.1, 0.15) is 5.56 Å². The molecule has 6 nitrogen and oxygen atoms in total. The van der Waals surface area contributed by atoms with Crippen molar-refractivity contribution in [3.63, 3.8) is 0 Å². The molecule has 152 valence electrons. The van der Waals surface area contributed by atoms with Crippen molar-refractivity contribution in [1.82, 2.24) is 9.80 Å². The number of β-amino-alcohol motifs (C(OH)–C–C–N with tert-alkyl or cyclic N) is 1. The van der Waals surface area contributed by atoms with Gasteiger partial charge < -0.3 is 19.3 Å². The summed E-state index contributed by atoms with van der Waals surface area (Å²) in [7, 11) is 3.37. The Kier molecular flexibility index (Phi) is 7.54. The Morgan fingerprint density at radius 2 is 1.61 bits per heavy atom. The van der Waals surface area contributed by atoms with Crippen molar-refractivity contribution < 1.29 is 19.3 Å². The molecule has 1 fully saturated rings. The molecule has 2 aromatic rings. The molecule has 3 rings (SSSR count). The standard InChI is InChI=1S/C22H30N2O4/c1-26-21-8-9-22(27-2)18(14-21)15-23-10-12-24(13-11-23)16-19(25)17-28-20-6-4-3-5-7-20/h3-9,14,19,25H,10-13,15-17H2,1-2H3/t19-/m1/s1. The summed E-state index contributed by atoms with van der Waals surface area (Å²) >= 11 is 0. The number of aliphatic hydroxyl groups excluding tert-OH is 1. The summed E-state index contributed by atoms with van der Waals surface area (Å²) < 4.78 is 16.5. The van der Waals surface area contributed by atoms with Gasteiger partial charge in [-0.05, 0) is 30.3 Å². The predicted octanol–water partition coefficient (Wildman–Crippen LogP) is 2.26. The molecule has 6 heteroatoms. The molecular weight excluding hydrogens is 356 g/mol. The Morgan fingerprint density at radius 3 is 2.29 bits per heavy atom. The van der Waals surface area contributed by atoms with Gasteiger partial charge in [0.05, 0.1) is 14.2 Å². The van der Waals surface area contributed by atoms with E-state index in [2.05, 4.69) is 9.80 Å². The molecule has 0 aliphatic carbocycles. The monoisotopic (exact) mass is 386 g/mol. The maximum atomic E-state index is 10.3. The summed E-state index contributed by atoms with van der Waals surface area (Å²) in [5.41, 5.74) is 1.13. The lowest BCUT2D eigenvalue weighted by Gasteiger charge is -2.35. The van der Waals surface area contributed by atoms with Crippen LogP contribution in [-0.4, -0.2) is 74.6 Å². The molecular formula is C22H30N2O4. The van der Waals surface area contributed by atoms with Gasteiger partial charge in [0, 0.05) is 44.8 Å². The first-order valence-corrected chi connectivity index (χ1v) is 9.69. The van der Waals surface area contributed by atoms with Gasteiger partial charge in [-0.25, -0.2) is 0 Å². The van der Waals surface area contributed by atoms with Crippen molar-refractivity contribution in [3.05, 3.63) is 54.1 Å². The van der Waals surface area contributed by atoms with Crippen LogP contribution in [0.15, 0.2) is 48.5 Å². The van der Waals surface area contributed by atoms with E-state index in [-0.39, 0.29) is 0 Å². The second-order valence-corrected chi connectivity index (χ2v) is 7.03. The molecule has 1 atom stereocenters. The number of hydrogen-bond acceptors (Lipinski definition) is 6. The van der Waals surface area contributed by atoms with Crippen molar-refractivity contribution in [1.29, 1.82) is 0 Å². The van der Waals surface area contributed by atoms with Crippen molar-refractivity contribution in [2.75, 3.05) is 53.6 Å². The van der Waals surface area contributed by atoms with Crippen LogP contribution in [0, 0.1) is 0 Å². The lowest BCUT2D eigenvalue weighted by atomic mass is 10.1. The second kappa shape index (κ2) is 10.3. The highest BCUT2D eigenvalue weighted by Crippen LogP contribution is 2.25. The first-order valence-electron chi connectivity index (χ1n) is 9.69. The molecule has 0 unspecified atom stereocenters. The van der Waals surface area contributed by atoms with E-state index < -0.39 is 6.10 Å². The summed E-state index contributed by atoms with van der Waals surface area (Å²) in [4.78, 5) is 4.69. The van der Waals surface area contributed by atoms with Crippen LogP contribution >= 0.6 is 0 Å². The number of benzene rings is 2.